The van der Waals surface area contributed by atoms with Crippen LogP contribution in [0.5, 0.6) is 0 Å². The monoisotopic (exact) mass is 249 g/mol. The van der Waals surface area contributed by atoms with Gasteiger partial charge in [0.15, 0.2) is 0 Å². The Bertz CT molecular complexity index is 383. The van der Waals surface area contributed by atoms with Crippen LogP contribution in [0.4, 0.5) is 11.6 Å². The van der Waals surface area contributed by atoms with Gasteiger partial charge >= 0.3 is 0 Å². The molecular weight excluding hydrogens is 226 g/mol. The Balaban J connectivity index is 2.13. The van der Waals surface area contributed by atoms with Crippen LogP contribution in [-0.2, 0) is 0 Å². The number of nitrogens with one attached hydrogen (secondary N) is 1. The Kier molecular flexibility index (Phi) is 4.01. The molecule has 5 heteroatoms. The van der Waals surface area contributed by atoms with E-state index in [4.69, 9.17) is 0 Å². The Hall–Kier alpha value is -1.36. The van der Waals surface area contributed by atoms with E-state index in [1.54, 1.807) is 6.33 Å². The summed E-state index contributed by atoms with van der Waals surface area (Å²) in [7, 11) is 2.19. The van der Waals surface area contributed by atoms with Crippen molar-refractivity contribution in [2.24, 2.45) is 0 Å². The Labute approximate surface area is 109 Å². The van der Waals surface area contributed by atoms with Crippen molar-refractivity contribution in [1.29, 1.82) is 0 Å². The number of likely N-dealkylation sites (N-methyl/N-ethyl adjacent to an activating group) is 1. The highest BCUT2D eigenvalue weighted by Gasteiger charge is 2.27. The van der Waals surface area contributed by atoms with Crippen LogP contribution in [0.1, 0.15) is 20.8 Å². The molecule has 1 aliphatic heterocycles. The van der Waals surface area contributed by atoms with E-state index in [9.17, 15) is 0 Å². The smallest absolute Gasteiger partial charge is 0.134 e. The van der Waals surface area contributed by atoms with E-state index < -0.39 is 0 Å². The van der Waals surface area contributed by atoms with Gasteiger partial charge in [-0.1, -0.05) is 0 Å². The first-order valence-electron chi connectivity index (χ1n) is 6.64. The largest absolute Gasteiger partial charge is 0.370 e. The minimum absolute atomic E-state index is 0.547. The first-order valence-corrected chi connectivity index (χ1v) is 6.64. The lowest BCUT2D eigenvalue weighted by molar-refractivity contribution is 0.169. The molecule has 0 spiro atoms. The van der Waals surface area contributed by atoms with Gasteiger partial charge in [-0.05, 0) is 27.8 Å². The normalized spacial score (nSPS) is 25.2. The summed E-state index contributed by atoms with van der Waals surface area (Å²) in [4.78, 5) is 13.4. The van der Waals surface area contributed by atoms with Crippen LogP contribution >= 0.6 is 0 Å². The number of anilines is 2. The fourth-order valence-corrected chi connectivity index (χ4v) is 2.39. The van der Waals surface area contributed by atoms with Crippen LogP contribution < -0.4 is 10.2 Å². The van der Waals surface area contributed by atoms with Gasteiger partial charge in [0, 0.05) is 37.8 Å². The molecule has 2 rings (SSSR count). The molecule has 1 N–H and O–H groups in total. The fourth-order valence-electron chi connectivity index (χ4n) is 2.39. The minimum Gasteiger partial charge on any atom is -0.370 e. The van der Waals surface area contributed by atoms with Gasteiger partial charge in [-0.3, -0.25) is 4.90 Å². The fraction of sp³-hybridized carbons (Fsp3) is 0.692. The third kappa shape index (κ3) is 2.72. The quantitative estimate of drug-likeness (QED) is 0.878. The molecule has 0 saturated carbocycles. The Morgan fingerprint density at radius 3 is 2.56 bits per heavy atom. The molecule has 1 fully saturated rings. The molecule has 0 aliphatic carbocycles. The van der Waals surface area contributed by atoms with Crippen molar-refractivity contribution >= 4 is 11.6 Å². The predicted octanol–water partition coefficient (Wildman–Crippen LogP) is 1.44. The third-order valence-corrected chi connectivity index (χ3v) is 3.69. The average molecular weight is 249 g/mol. The molecule has 18 heavy (non-hydrogen) atoms. The molecule has 1 aromatic heterocycles. The van der Waals surface area contributed by atoms with Crippen molar-refractivity contribution in [3.8, 4) is 0 Å². The second-order valence-electron chi connectivity index (χ2n) is 5.06. The van der Waals surface area contributed by atoms with E-state index in [2.05, 4.69) is 52.9 Å². The molecule has 0 radical (unpaired) electrons. The van der Waals surface area contributed by atoms with E-state index >= 15 is 0 Å². The molecule has 0 aromatic carbocycles. The SMILES string of the molecule is CCNc1cc(N2CC(C)N(C)C(C)C2)ncn1. The number of rotatable bonds is 3. The molecule has 1 aromatic rings. The molecule has 2 heterocycles. The standard InChI is InChI=1S/C13H23N5/c1-5-14-12-6-13(16-9-15-12)18-7-10(2)17(4)11(3)8-18/h6,9-11H,5,7-8H2,1-4H3,(H,14,15,16). The first-order chi connectivity index (χ1) is 8.61. The summed E-state index contributed by atoms with van der Waals surface area (Å²) in [6, 6.07) is 3.13. The van der Waals surface area contributed by atoms with Gasteiger partial charge in [0.25, 0.3) is 0 Å². The van der Waals surface area contributed by atoms with Crippen LogP contribution in [0.15, 0.2) is 12.4 Å². The van der Waals surface area contributed by atoms with Crippen molar-refractivity contribution in [3.63, 3.8) is 0 Å². The van der Waals surface area contributed by atoms with Gasteiger partial charge in [-0.15, -0.1) is 0 Å². The van der Waals surface area contributed by atoms with E-state index in [1.807, 2.05) is 6.07 Å². The lowest BCUT2D eigenvalue weighted by atomic mass is 10.1. The van der Waals surface area contributed by atoms with Crippen molar-refractivity contribution < 1.29 is 0 Å². The van der Waals surface area contributed by atoms with E-state index in [0.717, 1.165) is 31.3 Å². The maximum Gasteiger partial charge on any atom is 0.134 e. The summed E-state index contributed by atoms with van der Waals surface area (Å²) in [6.45, 7) is 9.50. The summed E-state index contributed by atoms with van der Waals surface area (Å²) in [6.07, 6.45) is 1.64. The highest BCUT2D eigenvalue weighted by atomic mass is 15.3. The third-order valence-electron chi connectivity index (χ3n) is 3.69. The zero-order valence-corrected chi connectivity index (χ0v) is 11.7. The topological polar surface area (TPSA) is 44.3 Å². The highest BCUT2D eigenvalue weighted by molar-refractivity contribution is 5.49. The van der Waals surface area contributed by atoms with Crippen LogP contribution in [0.25, 0.3) is 0 Å². The van der Waals surface area contributed by atoms with Gasteiger partial charge in [0.1, 0.15) is 18.0 Å². The number of hydrogen-bond acceptors (Lipinski definition) is 5. The summed E-state index contributed by atoms with van der Waals surface area (Å²) < 4.78 is 0. The van der Waals surface area contributed by atoms with E-state index in [0.29, 0.717) is 12.1 Å². The van der Waals surface area contributed by atoms with Crippen molar-refractivity contribution in [1.82, 2.24) is 14.9 Å². The molecule has 0 bridgehead atoms. The molecule has 2 atom stereocenters. The van der Waals surface area contributed by atoms with Crippen LogP contribution in [0.2, 0.25) is 0 Å². The molecular formula is C13H23N5. The molecule has 1 aliphatic rings. The highest BCUT2D eigenvalue weighted by Crippen LogP contribution is 2.20. The number of aromatic nitrogens is 2. The van der Waals surface area contributed by atoms with Gasteiger partial charge in [0.2, 0.25) is 0 Å². The first kappa shape index (κ1) is 13.1. The zero-order valence-electron chi connectivity index (χ0n) is 11.7. The van der Waals surface area contributed by atoms with Crippen LogP contribution in [-0.4, -0.2) is 53.6 Å². The van der Waals surface area contributed by atoms with Gasteiger partial charge < -0.3 is 10.2 Å². The molecule has 2 unspecified atom stereocenters. The summed E-state index contributed by atoms with van der Waals surface area (Å²) >= 11 is 0. The molecule has 5 nitrogen and oxygen atoms in total. The van der Waals surface area contributed by atoms with Crippen LogP contribution in [0.3, 0.4) is 0 Å². The molecule has 0 amide bonds. The maximum absolute atomic E-state index is 4.40. The number of nitrogens with zero attached hydrogens (tertiary/aromatic N) is 4. The molecule has 100 valence electrons. The van der Waals surface area contributed by atoms with Gasteiger partial charge in [-0.25, -0.2) is 9.97 Å². The summed E-state index contributed by atoms with van der Waals surface area (Å²) in [5, 5.41) is 3.23. The van der Waals surface area contributed by atoms with Crippen molar-refractivity contribution in [2.75, 3.05) is 36.9 Å². The van der Waals surface area contributed by atoms with Gasteiger partial charge in [-0.2, -0.15) is 0 Å². The maximum atomic E-state index is 4.40. The average Bonchev–Trinajstić information content (AvgIpc) is 2.36. The summed E-state index contributed by atoms with van der Waals surface area (Å²) in [5.74, 6) is 1.93. The van der Waals surface area contributed by atoms with Crippen molar-refractivity contribution in [3.05, 3.63) is 12.4 Å². The minimum atomic E-state index is 0.547. The Morgan fingerprint density at radius 1 is 1.28 bits per heavy atom. The van der Waals surface area contributed by atoms with E-state index in [1.165, 1.54) is 0 Å². The predicted molar refractivity (Wildman–Crippen MR) is 75.1 cm³/mol. The zero-order chi connectivity index (χ0) is 13.1. The van der Waals surface area contributed by atoms with Crippen molar-refractivity contribution in [2.45, 2.75) is 32.9 Å². The second kappa shape index (κ2) is 5.52. The van der Waals surface area contributed by atoms with Gasteiger partial charge in [0.05, 0.1) is 0 Å². The lowest BCUT2D eigenvalue weighted by Crippen LogP contribution is -2.55. The molecule has 1 saturated heterocycles. The summed E-state index contributed by atoms with van der Waals surface area (Å²) in [5.41, 5.74) is 0. The number of piperazine rings is 1. The lowest BCUT2D eigenvalue weighted by Gasteiger charge is -2.42. The van der Waals surface area contributed by atoms with Crippen LogP contribution in [0, 0.1) is 0 Å². The number of hydrogen-bond donors (Lipinski definition) is 1. The Morgan fingerprint density at radius 2 is 1.94 bits per heavy atom. The van der Waals surface area contributed by atoms with E-state index in [-0.39, 0.29) is 0 Å². The second-order valence-corrected chi connectivity index (χ2v) is 5.06.